The van der Waals surface area contributed by atoms with Gasteiger partial charge in [0.25, 0.3) is 11.8 Å². The third kappa shape index (κ3) is 2.15. The van der Waals surface area contributed by atoms with Crippen LogP contribution in [-0.4, -0.2) is 40.8 Å². The number of carbonyl (C=O) groups excluding carboxylic acids is 2. The Morgan fingerprint density at radius 2 is 2.19 bits per heavy atom. The van der Waals surface area contributed by atoms with Crippen LogP contribution in [0.15, 0.2) is 5.38 Å². The smallest absolute Gasteiger partial charge is 0.266 e. The van der Waals surface area contributed by atoms with E-state index in [4.69, 9.17) is 15.4 Å². The second-order valence-electron chi connectivity index (χ2n) is 5.24. The number of hydrogen-bond acceptors (Lipinski definition) is 7. The molecular formula is C13H17N3O4S. The number of nitrogens with two attached hydrogens (primary N) is 1. The summed E-state index contributed by atoms with van der Waals surface area (Å²) in [7, 11) is 0. The third-order valence-electron chi connectivity index (χ3n) is 3.65. The van der Waals surface area contributed by atoms with Crippen LogP contribution >= 0.6 is 11.3 Å². The Bertz CT molecular complexity index is 600. The number of hydroxylamine groups is 2. The van der Waals surface area contributed by atoms with Crippen molar-refractivity contribution in [3.05, 3.63) is 16.5 Å². The summed E-state index contributed by atoms with van der Waals surface area (Å²) in [5.74, 6) is -0.751. The Morgan fingerprint density at radius 1 is 1.43 bits per heavy atom. The summed E-state index contributed by atoms with van der Waals surface area (Å²) in [6.45, 7) is 4.66. The first-order valence-corrected chi connectivity index (χ1v) is 7.71. The van der Waals surface area contributed by atoms with E-state index in [0.29, 0.717) is 35.7 Å². The summed E-state index contributed by atoms with van der Waals surface area (Å²) in [6.07, 6.45) is 1.25. The highest BCUT2D eigenvalue weighted by Crippen LogP contribution is 2.39. The fourth-order valence-corrected chi connectivity index (χ4v) is 3.36. The number of thiophene rings is 1. The number of carbonyl (C=O) groups is 2. The molecule has 21 heavy (non-hydrogen) atoms. The molecule has 2 amide bonds. The van der Waals surface area contributed by atoms with Crippen LogP contribution in [-0.2, 0) is 9.68 Å². The number of rotatable bonds is 3. The second-order valence-corrected chi connectivity index (χ2v) is 6.15. The van der Waals surface area contributed by atoms with Gasteiger partial charge in [-0.1, -0.05) is 12.2 Å². The second kappa shape index (κ2) is 5.06. The van der Waals surface area contributed by atoms with E-state index in [1.807, 2.05) is 6.92 Å². The maximum atomic E-state index is 12.6. The van der Waals surface area contributed by atoms with E-state index in [1.165, 1.54) is 16.6 Å². The molecule has 1 aromatic heterocycles. The first kappa shape index (κ1) is 14.5. The molecule has 0 spiro atoms. The molecule has 3 heterocycles. The van der Waals surface area contributed by atoms with Gasteiger partial charge in [-0.3, -0.25) is 14.4 Å². The van der Waals surface area contributed by atoms with E-state index < -0.39 is 11.6 Å². The van der Waals surface area contributed by atoms with Crippen molar-refractivity contribution < 1.29 is 19.3 Å². The lowest BCUT2D eigenvalue weighted by Crippen LogP contribution is -2.58. The van der Waals surface area contributed by atoms with Crippen LogP contribution in [0.25, 0.3) is 0 Å². The first-order valence-electron chi connectivity index (χ1n) is 6.83. The molecule has 1 saturated heterocycles. The normalized spacial score (nSPS) is 26.5. The molecule has 114 valence electrons. The van der Waals surface area contributed by atoms with Crippen molar-refractivity contribution in [2.45, 2.75) is 32.4 Å². The highest BCUT2D eigenvalue weighted by molar-refractivity contribution is 7.14. The molecule has 1 aromatic rings. The maximum absolute atomic E-state index is 12.6. The molecule has 0 aliphatic carbocycles. The molecule has 2 N–H and O–H groups in total. The molecule has 3 rings (SSSR count). The van der Waals surface area contributed by atoms with Crippen LogP contribution in [0.2, 0.25) is 0 Å². The van der Waals surface area contributed by atoms with E-state index in [2.05, 4.69) is 0 Å². The van der Waals surface area contributed by atoms with Gasteiger partial charge in [0.15, 0.2) is 5.72 Å². The van der Waals surface area contributed by atoms with E-state index in [-0.39, 0.29) is 5.91 Å². The fourth-order valence-electron chi connectivity index (χ4n) is 2.58. The average molecular weight is 311 g/mol. The molecule has 0 unspecified atom stereocenters. The van der Waals surface area contributed by atoms with Crippen LogP contribution in [0.3, 0.4) is 0 Å². The van der Waals surface area contributed by atoms with Gasteiger partial charge in [0.2, 0.25) is 0 Å². The van der Waals surface area contributed by atoms with Crippen molar-refractivity contribution >= 4 is 28.2 Å². The van der Waals surface area contributed by atoms with Gasteiger partial charge in [0, 0.05) is 11.8 Å². The highest BCUT2D eigenvalue weighted by Gasteiger charge is 2.51. The lowest BCUT2D eigenvalue weighted by atomic mass is 10.1. The molecule has 1 atom stereocenters. The summed E-state index contributed by atoms with van der Waals surface area (Å²) in [4.78, 5) is 37.3. The predicted octanol–water partition coefficient (Wildman–Crippen LogP) is 1.62. The van der Waals surface area contributed by atoms with Crippen molar-refractivity contribution in [2.24, 2.45) is 0 Å². The predicted molar refractivity (Wildman–Crippen MR) is 76.3 cm³/mol. The van der Waals surface area contributed by atoms with Gasteiger partial charge >= 0.3 is 0 Å². The Hall–Kier alpha value is -1.48. The van der Waals surface area contributed by atoms with E-state index in [0.717, 1.165) is 11.3 Å². The van der Waals surface area contributed by atoms with Crippen LogP contribution in [0.1, 0.15) is 47.4 Å². The minimum Gasteiger partial charge on any atom is -0.390 e. The van der Waals surface area contributed by atoms with E-state index in [9.17, 15) is 9.59 Å². The topological polar surface area (TPSA) is 85.1 Å². The van der Waals surface area contributed by atoms with Gasteiger partial charge in [0.05, 0.1) is 29.3 Å². The molecule has 0 aromatic carbocycles. The monoisotopic (exact) mass is 311 g/mol. The van der Waals surface area contributed by atoms with Gasteiger partial charge in [-0.15, -0.1) is 11.3 Å². The third-order valence-corrected chi connectivity index (χ3v) is 4.46. The Balaban J connectivity index is 1.90. The SMILES string of the molecule is CCCN1OCC[C@](C)(N2C(=O)c3csc(N)c3C2=O)O1. The lowest BCUT2D eigenvalue weighted by Gasteiger charge is -2.43. The minimum atomic E-state index is -1.05. The molecule has 1 fully saturated rings. The Labute approximate surface area is 126 Å². The number of fused-ring (bicyclic) bond motifs is 1. The van der Waals surface area contributed by atoms with Crippen molar-refractivity contribution in [1.29, 1.82) is 0 Å². The van der Waals surface area contributed by atoms with Gasteiger partial charge in [0.1, 0.15) is 0 Å². The number of amides is 2. The highest BCUT2D eigenvalue weighted by atomic mass is 32.1. The van der Waals surface area contributed by atoms with Crippen molar-refractivity contribution in [3.63, 3.8) is 0 Å². The molecule has 0 bridgehead atoms. The average Bonchev–Trinajstić information content (AvgIpc) is 2.91. The molecular weight excluding hydrogens is 294 g/mol. The number of hydrogen-bond donors (Lipinski definition) is 1. The first-order chi connectivity index (χ1) is 9.98. The van der Waals surface area contributed by atoms with Crippen LogP contribution < -0.4 is 5.73 Å². The molecule has 7 nitrogen and oxygen atoms in total. The van der Waals surface area contributed by atoms with Gasteiger partial charge in [-0.2, -0.15) is 0 Å². The summed E-state index contributed by atoms with van der Waals surface area (Å²) >= 11 is 1.20. The largest absolute Gasteiger partial charge is 0.390 e. The van der Waals surface area contributed by atoms with E-state index in [1.54, 1.807) is 12.3 Å². The zero-order valence-electron chi connectivity index (χ0n) is 11.9. The molecule has 0 radical (unpaired) electrons. The number of imide groups is 1. The number of nitrogens with zero attached hydrogens (tertiary/aromatic N) is 2. The summed E-state index contributed by atoms with van der Waals surface area (Å²) in [5.41, 5.74) is 5.40. The summed E-state index contributed by atoms with van der Waals surface area (Å²) in [6, 6.07) is 0. The molecule has 0 saturated carbocycles. The quantitative estimate of drug-likeness (QED) is 0.854. The summed E-state index contributed by atoms with van der Waals surface area (Å²) < 4.78 is 0. The standard InChI is InChI=1S/C13H17N3O4S/c1-3-5-15-19-6-4-13(2,20-15)16-11(17)8-7-21-10(14)9(8)12(16)18/h7H,3-6,14H2,1-2H3/t13-/m1/s1. The molecule has 2 aliphatic rings. The zero-order valence-corrected chi connectivity index (χ0v) is 12.7. The van der Waals surface area contributed by atoms with E-state index >= 15 is 0 Å². The van der Waals surface area contributed by atoms with Crippen molar-refractivity contribution in [3.8, 4) is 0 Å². The molecule has 2 aliphatic heterocycles. The maximum Gasteiger partial charge on any atom is 0.266 e. The van der Waals surface area contributed by atoms with Crippen LogP contribution in [0, 0.1) is 0 Å². The van der Waals surface area contributed by atoms with Gasteiger partial charge in [-0.05, 0) is 13.3 Å². The zero-order chi connectivity index (χ0) is 15.2. The van der Waals surface area contributed by atoms with Gasteiger partial charge in [-0.25, -0.2) is 9.74 Å². The minimum absolute atomic E-state index is 0.295. The van der Waals surface area contributed by atoms with Crippen molar-refractivity contribution in [2.75, 3.05) is 18.9 Å². The Morgan fingerprint density at radius 3 is 2.86 bits per heavy atom. The van der Waals surface area contributed by atoms with Gasteiger partial charge < -0.3 is 5.73 Å². The van der Waals surface area contributed by atoms with Crippen LogP contribution in [0.4, 0.5) is 5.00 Å². The number of nitrogen functional groups attached to an aromatic ring is 1. The molecule has 8 heteroatoms. The fraction of sp³-hybridized carbons (Fsp3) is 0.538. The number of anilines is 1. The lowest BCUT2D eigenvalue weighted by molar-refractivity contribution is -0.451. The van der Waals surface area contributed by atoms with Crippen molar-refractivity contribution in [1.82, 2.24) is 10.1 Å². The summed E-state index contributed by atoms with van der Waals surface area (Å²) in [5, 5.41) is 3.34. The van der Waals surface area contributed by atoms with Crippen LogP contribution in [0.5, 0.6) is 0 Å². The Kier molecular flexibility index (Phi) is 3.48.